The summed E-state index contributed by atoms with van der Waals surface area (Å²) in [5, 5.41) is 12.0. The number of anilines is 1. The molecule has 1 amide bonds. The van der Waals surface area contributed by atoms with Gasteiger partial charge >= 0.3 is 5.97 Å². The summed E-state index contributed by atoms with van der Waals surface area (Å²) in [7, 11) is 0. The summed E-state index contributed by atoms with van der Waals surface area (Å²) >= 11 is 6.16. The molecular formula is C17H15ClN2O4. The Hall–Kier alpha value is -2.60. The van der Waals surface area contributed by atoms with E-state index in [2.05, 4.69) is 10.3 Å². The van der Waals surface area contributed by atoms with Gasteiger partial charge in [-0.15, -0.1) is 0 Å². The molecule has 0 aliphatic heterocycles. The highest BCUT2D eigenvalue weighted by atomic mass is 35.5. The first-order valence-electron chi connectivity index (χ1n) is 7.38. The molecule has 1 heterocycles. The predicted molar refractivity (Wildman–Crippen MR) is 88.0 cm³/mol. The minimum atomic E-state index is -1.29. The maximum Gasteiger partial charge on any atom is 0.319 e. The number of carboxylic acid groups (broad SMARTS) is 1. The van der Waals surface area contributed by atoms with Crippen LogP contribution in [0.1, 0.15) is 18.5 Å². The molecule has 1 aromatic heterocycles. The zero-order valence-corrected chi connectivity index (χ0v) is 13.4. The van der Waals surface area contributed by atoms with Gasteiger partial charge in [-0.2, -0.15) is 0 Å². The molecule has 0 radical (unpaired) electrons. The summed E-state index contributed by atoms with van der Waals surface area (Å²) in [5.41, 5.74) is -0.0912. The fourth-order valence-corrected chi connectivity index (χ4v) is 2.48. The first kappa shape index (κ1) is 16.3. The molecule has 1 fully saturated rings. The number of ether oxygens (including phenoxy) is 1. The van der Waals surface area contributed by atoms with Gasteiger partial charge in [0, 0.05) is 11.9 Å². The third-order valence-electron chi connectivity index (χ3n) is 3.89. The molecule has 0 unspecified atom stereocenters. The van der Waals surface area contributed by atoms with Crippen LogP contribution in [0.15, 0.2) is 42.6 Å². The first-order valence-corrected chi connectivity index (χ1v) is 7.76. The molecule has 1 saturated carbocycles. The second-order valence-corrected chi connectivity index (χ2v) is 6.00. The molecule has 0 bridgehead atoms. The number of nitrogens with zero attached hydrogens (tertiary/aromatic N) is 1. The van der Waals surface area contributed by atoms with Crippen molar-refractivity contribution < 1.29 is 19.4 Å². The summed E-state index contributed by atoms with van der Waals surface area (Å²) in [4.78, 5) is 27.4. The quantitative estimate of drug-likeness (QED) is 0.784. The molecular weight excluding hydrogens is 332 g/mol. The third-order valence-corrected chi connectivity index (χ3v) is 4.18. The Morgan fingerprint density at radius 2 is 2.08 bits per heavy atom. The Balaban J connectivity index is 1.64. The third kappa shape index (κ3) is 3.33. The average Bonchev–Trinajstić information content (AvgIpc) is 3.37. The molecule has 6 nitrogen and oxygen atoms in total. The van der Waals surface area contributed by atoms with Crippen LogP contribution in [0.4, 0.5) is 5.69 Å². The monoisotopic (exact) mass is 346 g/mol. The molecule has 0 atom stereocenters. The van der Waals surface area contributed by atoms with E-state index in [4.69, 9.17) is 21.4 Å². The maximum atomic E-state index is 12.1. The summed E-state index contributed by atoms with van der Waals surface area (Å²) in [6.07, 6.45) is 2.38. The van der Waals surface area contributed by atoms with Crippen molar-refractivity contribution in [2.24, 2.45) is 5.41 Å². The molecule has 1 aliphatic carbocycles. The number of halogens is 1. The molecule has 1 aliphatic rings. The van der Waals surface area contributed by atoms with Crippen molar-refractivity contribution in [2.45, 2.75) is 19.4 Å². The van der Waals surface area contributed by atoms with Crippen LogP contribution in [0.5, 0.6) is 5.75 Å². The van der Waals surface area contributed by atoms with Gasteiger partial charge in [0.25, 0.3) is 0 Å². The highest BCUT2D eigenvalue weighted by molar-refractivity contribution is 6.32. The smallest absolute Gasteiger partial charge is 0.319 e. The van der Waals surface area contributed by atoms with E-state index >= 15 is 0 Å². The van der Waals surface area contributed by atoms with Crippen molar-refractivity contribution in [3.05, 3.63) is 53.3 Å². The molecule has 2 aromatic rings. The van der Waals surface area contributed by atoms with Crippen LogP contribution >= 0.6 is 11.6 Å². The molecule has 1 aromatic carbocycles. The van der Waals surface area contributed by atoms with Crippen LogP contribution in [-0.4, -0.2) is 22.0 Å². The number of benzene rings is 1. The van der Waals surface area contributed by atoms with E-state index in [1.807, 2.05) is 18.2 Å². The fraction of sp³-hybridized carbons (Fsp3) is 0.235. The number of carbonyl (C=O) groups is 2. The number of nitrogens with one attached hydrogen (secondary N) is 1. The zero-order valence-electron chi connectivity index (χ0n) is 12.7. The molecule has 0 spiro atoms. The summed E-state index contributed by atoms with van der Waals surface area (Å²) < 4.78 is 5.60. The molecule has 124 valence electrons. The number of rotatable bonds is 6. The van der Waals surface area contributed by atoms with Gasteiger partial charge in [0.15, 0.2) is 0 Å². The van der Waals surface area contributed by atoms with Crippen LogP contribution in [0.2, 0.25) is 5.02 Å². The highest BCUT2D eigenvalue weighted by Gasteiger charge is 2.57. The van der Waals surface area contributed by atoms with Crippen molar-refractivity contribution in [1.29, 1.82) is 0 Å². The van der Waals surface area contributed by atoms with Gasteiger partial charge in [-0.1, -0.05) is 17.7 Å². The lowest BCUT2D eigenvalue weighted by Crippen LogP contribution is -2.31. The van der Waals surface area contributed by atoms with E-state index < -0.39 is 17.3 Å². The lowest BCUT2D eigenvalue weighted by molar-refractivity contribution is -0.147. The van der Waals surface area contributed by atoms with Crippen molar-refractivity contribution in [3.8, 4) is 5.75 Å². The lowest BCUT2D eigenvalue weighted by atomic mass is 10.1. The Bertz CT molecular complexity index is 775. The molecule has 0 saturated heterocycles. The average molecular weight is 347 g/mol. The number of aliphatic carboxylic acids is 1. The SMILES string of the molecule is O=C(O)C1(C(=O)Nc2ccc(OCc3ccccn3)c(Cl)c2)CC1. The van der Waals surface area contributed by atoms with Crippen LogP contribution < -0.4 is 10.1 Å². The maximum absolute atomic E-state index is 12.1. The van der Waals surface area contributed by atoms with Crippen LogP contribution in [0.25, 0.3) is 0 Å². The Kier molecular flexibility index (Phi) is 4.40. The zero-order chi connectivity index (χ0) is 17.2. The number of carbonyl (C=O) groups excluding carboxylic acids is 1. The van der Waals surface area contributed by atoms with E-state index in [9.17, 15) is 9.59 Å². The fourth-order valence-electron chi connectivity index (χ4n) is 2.24. The number of pyridine rings is 1. The number of hydrogen-bond acceptors (Lipinski definition) is 4. The predicted octanol–water partition coefficient (Wildman–Crippen LogP) is 3.12. The highest BCUT2D eigenvalue weighted by Crippen LogP contribution is 2.46. The van der Waals surface area contributed by atoms with Crippen molar-refractivity contribution in [1.82, 2.24) is 4.98 Å². The van der Waals surface area contributed by atoms with E-state index in [-0.39, 0.29) is 6.61 Å². The number of carboxylic acids is 1. The van der Waals surface area contributed by atoms with Crippen LogP contribution in [0.3, 0.4) is 0 Å². The normalized spacial score (nSPS) is 14.7. The van der Waals surface area contributed by atoms with Crippen molar-refractivity contribution in [2.75, 3.05) is 5.32 Å². The standard InChI is InChI=1S/C17H15ClN2O4/c18-13-9-11(20-15(21)17(6-7-17)16(22)23)4-5-14(13)24-10-12-3-1-2-8-19-12/h1-5,8-9H,6-7,10H2,(H,20,21)(H,22,23). The van der Waals surface area contributed by atoms with Gasteiger partial charge in [-0.05, 0) is 43.2 Å². The topological polar surface area (TPSA) is 88.5 Å². The van der Waals surface area contributed by atoms with Gasteiger partial charge in [-0.3, -0.25) is 14.6 Å². The van der Waals surface area contributed by atoms with E-state index in [1.54, 1.807) is 18.3 Å². The summed E-state index contributed by atoms with van der Waals surface area (Å²) in [6, 6.07) is 10.3. The van der Waals surface area contributed by atoms with Crippen LogP contribution in [-0.2, 0) is 16.2 Å². The summed E-state index contributed by atoms with van der Waals surface area (Å²) in [6.45, 7) is 0.272. The van der Waals surface area contributed by atoms with E-state index in [0.717, 1.165) is 5.69 Å². The van der Waals surface area contributed by atoms with Crippen molar-refractivity contribution in [3.63, 3.8) is 0 Å². The Morgan fingerprint density at radius 1 is 1.29 bits per heavy atom. The number of amides is 1. The van der Waals surface area contributed by atoms with Crippen LogP contribution in [0, 0.1) is 5.41 Å². The second-order valence-electron chi connectivity index (χ2n) is 5.60. The minimum Gasteiger partial charge on any atom is -0.486 e. The largest absolute Gasteiger partial charge is 0.486 e. The first-order chi connectivity index (χ1) is 11.5. The lowest BCUT2D eigenvalue weighted by Gasteiger charge is -2.13. The minimum absolute atomic E-state index is 0.272. The number of hydrogen-bond donors (Lipinski definition) is 2. The van der Waals surface area contributed by atoms with E-state index in [1.165, 1.54) is 6.07 Å². The molecule has 3 rings (SSSR count). The molecule has 2 N–H and O–H groups in total. The Morgan fingerprint density at radius 3 is 2.67 bits per heavy atom. The second kappa shape index (κ2) is 6.49. The van der Waals surface area contributed by atoms with Gasteiger partial charge in [0.05, 0.1) is 10.7 Å². The Labute approximate surface area is 143 Å². The summed E-state index contributed by atoms with van der Waals surface area (Å²) in [5.74, 6) is -1.16. The van der Waals surface area contributed by atoms with Crippen molar-refractivity contribution >= 4 is 29.2 Å². The number of aromatic nitrogens is 1. The van der Waals surface area contributed by atoms with Gasteiger partial charge in [0.2, 0.25) is 5.91 Å². The van der Waals surface area contributed by atoms with Gasteiger partial charge in [0.1, 0.15) is 17.8 Å². The van der Waals surface area contributed by atoms with E-state index in [0.29, 0.717) is 29.3 Å². The van der Waals surface area contributed by atoms with Gasteiger partial charge < -0.3 is 15.2 Å². The molecule has 7 heteroatoms. The molecule has 24 heavy (non-hydrogen) atoms. The van der Waals surface area contributed by atoms with Gasteiger partial charge in [-0.25, -0.2) is 0 Å².